The monoisotopic (exact) mass is 268 g/mol. The van der Waals surface area contributed by atoms with Crippen LogP contribution in [0.5, 0.6) is 0 Å². The van der Waals surface area contributed by atoms with E-state index >= 15 is 0 Å². The van der Waals surface area contributed by atoms with E-state index in [-0.39, 0.29) is 5.91 Å². The first-order valence-corrected chi connectivity index (χ1v) is 7.05. The standard InChI is InChI=1S/C12H20N4OS/c1-5-9-15-11(13-4)8(3)12(16-9)18-7-10(17)14-6-2/h5-7H2,1-4H3,(H,14,17)(H,13,15,16). The summed E-state index contributed by atoms with van der Waals surface area (Å²) in [5.74, 6) is 2.05. The van der Waals surface area contributed by atoms with Gasteiger partial charge in [0.25, 0.3) is 0 Å². The van der Waals surface area contributed by atoms with E-state index in [0.29, 0.717) is 12.3 Å². The first-order valence-electron chi connectivity index (χ1n) is 6.07. The first kappa shape index (κ1) is 14.8. The number of nitrogens with zero attached hydrogens (tertiary/aromatic N) is 2. The molecule has 1 rings (SSSR count). The number of aromatic nitrogens is 2. The molecule has 100 valence electrons. The van der Waals surface area contributed by atoms with Crippen molar-refractivity contribution in [2.24, 2.45) is 0 Å². The lowest BCUT2D eigenvalue weighted by Crippen LogP contribution is -2.24. The molecule has 0 aromatic carbocycles. The van der Waals surface area contributed by atoms with Crippen LogP contribution in [0.25, 0.3) is 0 Å². The number of aryl methyl sites for hydroxylation is 1. The van der Waals surface area contributed by atoms with Crippen LogP contribution in [0, 0.1) is 6.92 Å². The second-order valence-corrected chi connectivity index (χ2v) is 4.73. The molecule has 0 saturated heterocycles. The summed E-state index contributed by atoms with van der Waals surface area (Å²) in [6.07, 6.45) is 0.781. The lowest BCUT2D eigenvalue weighted by atomic mass is 10.3. The number of anilines is 1. The molecule has 1 heterocycles. The van der Waals surface area contributed by atoms with Crippen molar-refractivity contribution in [3.05, 3.63) is 11.4 Å². The molecule has 0 aliphatic carbocycles. The Labute approximate surface area is 112 Å². The molecule has 5 nitrogen and oxygen atoms in total. The summed E-state index contributed by atoms with van der Waals surface area (Å²) in [5.41, 5.74) is 0.990. The fourth-order valence-electron chi connectivity index (χ4n) is 1.46. The van der Waals surface area contributed by atoms with Gasteiger partial charge in [0.2, 0.25) is 5.91 Å². The van der Waals surface area contributed by atoms with Crippen LogP contribution >= 0.6 is 11.8 Å². The summed E-state index contributed by atoms with van der Waals surface area (Å²) in [7, 11) is 1.84. The molecule has 0 saturated carbocycles. The number of nitrogens with one attached hydrogen (secondary N) is 2. The number of carbonyl (C=O) groups excluding carboxylic acids is 1. The zero-order valence-electron chi connectivity index (χ0n) is 11.3. The van der Waals surface area contributed by atoms with Gasteiger partial charge in [0.15, 0.2) is 0 Å². The lowest BCUT2D eigenvalue weighted by molar-refractivity contribution is -0.118. The summed E-state index contributed by atoms with van der Waals surface area (Å²) >= 11 is 1.45. The van der Waals surface area contributed by atoms with Gasteiger partial charge < -0.3 is 10.6 Å². The Hall–Kier alpha value is -1.30. The molecule has 18 heavy (non-hydrogen) atoms. The Balaban J connectivity index is 2.83. The van der Waals surface area contributed by atoms with Crippen molar-refractivity contribution in [2.75, 3.05) is 24.7 Å². The fourth-order valence-corrected chi connectivity index (χ4v) is 2.32. The van der Waals surface area contributed by atoms with Crippen molar-refractivity contribution in [3.8, 4) is 0 Å². The van der Waals surface area contributed by atoms with Crippen LogP contribution in [0.3, 0.4) is 0 Å². The average molecular weight is 268 g/mol. The van der Waals surface area contributed by atoms with E-state index in [1.165, 1.54) is 11.8 Å². The summed E-state index contributed by atoms with van der Waals surface area (Å²) in [5, 5.41) is 6.70. The molecular weight excluding hydrogens is 248 g/mol. The van der Waals surface area contributed by atoms with Crippen LogP contribution in [-0.4, -0.2) is 35.2 Å². The summed E-state index contributed by atoms with van der Waals surface area (Å²) < 4.78 is 0. The van der Waals surface area contributed by atoms with Crippen LogP contribution < -0.4 is 10.6 Å². The number of hydrogen-bond acceptors (Lipinski definition) is 5. The maximum Gasteiger partial charge on any atom is 0.230 e. The number of hydrogen-bond donors (Lipinski definition) is 2. The Morgan fingerprint density at radius 1 is 1.33 bits per heavy atom. The zero-order valence-corrected chi connectivity index (χ0v) is 12.1. The Bertz CT molecular complexity index is 423. The van der Waals surface area contributed by atoms with Crippen LogP contribution in [0.15, 0.2) is 5.03 Å². The molecule has 1 aromatic rings. The smallest absolute Gasteiger partial charge is 0.230 e. The molecule has 0 fully saturated rings. The third kappa shape index (κ3) is 3.87. The van der Waals surface area contributed by atoms with Crippen LogP contribution in [0.1, 0.15) is 25.2 Å². The third-order valence-electron chi connectivity index (χ3n) is 2.41. The number of carbonyl (C=O) groups is 1. The summed E-state index contributed by atoms with van der Waals surface area (Å²) in [4.78, 5) is 20.3. The van der Waals surface area contributed by atoms with Crippen LogP contribution in [0.2, 0.25) is 0 Å². The molecule has 2 N–H and O–H groups in total. The highest BCUT2D eigenvalue weighted by Gasteiger charge is 2.11. The van der Waals surface area contributed by atoms with Gasteiger partial charge in [0, 0.05) is 25.6 Å². The number of thioether (sulfide) groups is 1. The van der Waals surface area contributed by atoms with Gasteiger partial charge in [0.1, 0.15) is 16.7 Å². The predicted molar refractivity (Wildman–Crippen MR) is 75.1 cm³/mol. The molecule has 0 spiro atoms. The molecule has 1 aromatic heterocycles. The number of rotatable bonds is 6. The predicted octanol–water partition coefficient (Wildman–Crippen LogP) is 1.62. The second kappa shape index (κ2) is 7.20. The van der Waals surface area contributed by atoms with Crippen molar-refractivity contribution >= 4 is 23.5 Å². The fraction of sp³-hybridized carbons (Fsp3) is 0.583. The molecule has 6 heteroatoms. The van der Waals surface area contributed by atoms with Gasteiger partial charge in [-0.25, -0.2) is 9.97 Å². The summed E-state index contributed by atoms with van der Waals surface area (Å²) in [6.45, 7) is 6.55. The Morgan fingerprint density at radius 3 is 2.61 bits per heavy atom. The average Bonchev–Trinajstić information content (AvgIpc) is 2.38. The highest BCUT2D eigenvalue weighted by molar-refractivity contribution is 7.99. The van der Waals surface area contributed by atoms with Gasteiger partial charge in [-0.05, 0) is 13.8 Å². The van der Waals surface area contributed by atoms with Crippen LogP contribution in [0.4, 0.5) is 5.82 Å². The SMILES string of the molecule is CCNC(=O)CSc1nc(CC)nc(NC)c1C. The minimum Gasteiger partial charge on any atom is -0.373 e. The Morgan fingerprint density at radius 2 is 2.06 bits per heavy atom. The molecule has 0 atom stereocenters. The maximum absolute atomic E-state index is 11.4. The third-order valence-corrected chi connectivity index (χ3v) is 3.49. The van der Waals surface area contributed by atoms with Gasteiger partial charge in [-0.2, -0.15) is 0 Å². The number of amides is 1. The van der Waals surface area contributed by atoms with E-state index in [1.807, 2.05) is 27.8 Å². The maximum atomic E-state index is 11.4. The van der Waals surface area contributed by atoms with Gasteiger partial charge in [-0.1, -0.05) is 18.7 Å². The van der Waals surface area contributed by atoms with Gasteiger partial charge >= 0.3 is 0 Å². The van der Waals surface area contributed by atoms with E-state index in [4.69, 9.17) is 0 Å². The van der Waals surface area contributed by atoms with Crippen molar-refractivity contribution < 1.29 is 4.79 Å². The van der Waals surface area contributed by atoms with Gasteiger partial charge in [-0.3, -0.25) is 4.79 Å². The largest absolute Gasteiger partial charge is 0.373 e. The normalized spacial score (nSPS) is 10.2. The quantitative estimate of drug-likeness (QED) is 0.606. The molecule has 0 bridgehead atoms. The minimum atomic E-state index is 0.0320. The van der Waals surface area contributed by atoms with Gasteiger partial charge in [-0.15, -0.1) is 0 Å². The van der Waals surface area contributed by atoms with Crippen molar-refractivity contribution in [3.63, 3.8) is 0 Å². The van der Waals surface area contributed by atoms with E-state index in [9.17, 15) is 4.79 Å². The van der Waals surface area contributed by atoms with Crippen molar-refractivity contribution in [2.45, 2.75) is 32.2 Å². The van der Waals surface area contributed by atoms with Crippen molar-refractivity contribution in [1.29, 1.82) is 0 Å². The van der Waals surface area contributed by atoms with E-state index in [1.54, 1.807) is 0 Å². The van der Waals surface area contributed by atoms with Gasteiger partial charge in [0.05, 0.1) is 5.75 Å². The molecule has 0 aliphatic rings. The second-order valence-electron chi connectivity index (χ2n) is 3.76. The molecule has 1 amide bonds. The highest BCUT2D eigenvalue weighted by Crippen LogP contribution is 2.24. The van der Waals surface area contributed by atoms with E-state index in [0.717, 1.165) is 28.7 Å². The lowest BCUT2D eigenvalue weighted by Gasteiger charge is -2.11. The molecule has 0 unspecified atom stereocenters. The van der Waals surface area contributed by atoms with Crippen LogP contribution in [-0.2, 0) is 11.2 Å². The Kier molecular flexibility index (Phi) is 5.91. The first-order chi connectivity index (χ1) is 8.62. The molecule has 0 aliphatic heterocycles. The topological polar surface area (TPSA) is 66.9 Å². The summed E-state index contributed by atoms with van der Waals surface area (Å²) in [6, 6.07) is 0. The zero-order chi connectivity index (χ0) is 13.5. The van der Waals surface area contributed by atoms with E-state index < -0.39 is 0 Å². The molecular formula is C12H20N4OS. The van der Waals surface area contributed by atoms with E-state index in [2.05, 4.69) is 20.6 Å². The molecule has 0 radical (unpaired) electrons. The minimum absolute atomic E-state index is 0.0320. The van der Waals surface area contributed by atoms with Crippen molar-refractivity contribution in [1.82, 2.24) is 15.3 Å². The highest BCUT2D eigenvalue weighted by atomic mass is 32.2.